The summed E-state index contributed by atoms with van der Waals surface area (Å²) in [5.74, 6) is 0.110. The van der Waals surface area contributed by atoms with E-state index in [4.69, 9.17) is 9.47 Å². The van der Waals surface area contributed by atoms with Crippen LogP contribution in [-0.4, -0.2) is 74.5 Å². The maximum absolute atomic E-state index is 13.7. The molecule has 1 aliphatic carbocycles. The third-order valence-corrected chi connectivity index (χ3v) is 7.44. The van der Waals surface area contributed by atoms with Gasteiger partial charge in [0.25, 0.3) is 0 Å². The minimum absolute atomic E-state index is 0.0413. The number of benzene rings is 2. The van der Waals surface area contributed by atoms with Crippen molar-refractivity contribution in [1.29, 1.82) is 0 Å². The van der Waals surface area contributed by atoms with Gasteiger partial charge in [-0.3, -0.25) is 19.3 Å². The van der Waals surface area contributed by atoms with Gasteiger partial charge < -0.3 is 20.1 Å². The number of Topliss-reactive ketones (excluding diaryl/α,β-unsaturated/α-hetero) is 1. The van der Waals surface area contributed by atoms with E-state index in [0.29, 0.717) is 25.3 Å². The molecule has 1 heterocycles. The van der Waals surface area contributed by atoms with Gasteiger partial charge in [-0.1, -0.05) is 49.4 Å². The van der Waals surface area contributed by atoms with E-state index in [0.717, 1.165) is 24.0 Å². The first kappa shape index (κ1) is 26.8. The number of carbonyl (C=O) groups is 3. The summed E-state index contributed by atoms with van der Waals surface area (Å²) in [6.07, 6.45) is 2.34. The molecule has 0 aromatic heterocycles. The van der Waals surface area contributed by atoms with Crippen molar-refractivity contribution < 1.29 is 23.9 Å². The van der Waals surface area contributed by atoms with Crippen molar-refractivity contribution in [2.45, 2.75) is 50.7 Å². The molecule has 8 heteroatoms. The van der Waals surface area contributed by atoms with E-state index >= 15 is 0 Å². The molecule has 0 unspecified atom stereocenters. The molecule has 1 saturated heterocycles. The zero-order valence-electron chi connectivity index (χ0n) is 21.9. The van der Waals surface area contributed by atoms with E-state index in [1.807, 2.05) is 73.5 Å². The molecule has 198 valence electrons. The first-order valence-corrected chi connectivity index (χ1v) is 12.9. The Labute approximate surface area is 218 Å². The van der Waals surface area contributed by atoms with E-state index in [-0.39, 0.29) is 30.6 Å². The smallest absolute Gasteiger partial charge is 0.243 e. The fourth-order valence-electron chi connectivity index (χ4n) is 4.62. The van der Waals surface area contributed by atoms with Crippen LogP contribution in [0.25, 0.3) is 0 Å². The molecule has 37 heavy (non-hydrogen) atoms. The molecular formula is C29H37N3O5. The molecule has 3 atom stereocenters. The molecule has 0 bridgehead atoms. The quantitative estimate of drug-likeness (QED) is 0.484. The van der Waals surface area contributed by atoms with E-state index in [1.54, 1.807) is 7.11 Å². The molecule has 4 rings (SSSR count). The van der Waals surface area contributed by atoms with Crippen LogP contribution in [0.3, 0.4) is 0 Å². The number of hydrogen-bond acceptors (Lipinski definition) is 6. The van der Waals surface area contributed by atoms with Crippen LogP contribution in [0.4, 0.5) is 0 Å². The highest BCUT2D eigenvalue weighted by Gasteiger charge is 2.48. The lowest BCUT2D eigenvalue weighted by molar-refractivity contribution is -0.136. The van der Waals surface area contributed by atoms with Crippen molar-refractivity contribution in [3.8, 4) is 5.75 Å². The number of methoxy groups -OCH3 is 1. The molecule has 0 spiro atoms. The van der Waals surface area contributed by atoms with Gasteiger partial charge in [-0.15, -0.1) is 0 Å². The zero-order valence-corrected chi connectivity index (χ0v) is 21.9. The molecule has 2 aliphatic rings. The SMILES string of the molecule is COc1ccc(C[C@H](NC(=O)[C@H]2COCCN2C)C(=O)N[C@@H](Cc2ccccc2)C(=O)C2(C)CC2)cc1. The van der Waals surface area contributed by atoms with Crippen LogP contribution in [0.1, 0.15) is 30.9 Å². The highest BCUT2D eigenvalue weighted by molar-refractivity contribution is 5.97. The van der Waals surface area contributed by atoms with Gasteiger partial charge in [-0.2, -0.15) is 0 Å². The monoisotopic (exact) mass is 507 g/mol. The van der Waals surface area contributed by atoms with Gasteiger partial charge in [0.05, 0.1) is 26.4 Å². The number of morpholine rings is 1. The first-order chi connectivity index (χ1) is 17.8. The molecule has 0 radical (unpaired) electrons. The fourth-order valence-corrected chi connectivity index (χ4v) is 4.62. The van der Waals surface area contributed by atoms with Gasteiger partial charge in [0.2, 0.25) is 11.8 Å². The average Bonchev–Trinajstić information content (AvgIpc) is 3.67. The predicted octanol–water partition coefficient (Wildman–Crippen LogP) is 2.15. The van der Waals surface area contributed by atoms with Crippen molar-refractivity contribution in [3.05, 3.63) is 65.7 Å². The lowest BCUT2D eigenvalue weighted by Crippen LogP contribution is -2.58. The van der Waals surface area contributed by atoms with Crippen LogP contribution in [0.15, 0.2) is 54.6 Å². The highest BCUT2D eigenvalue weighted by Crippen LogP contribution is 2.46. The largest absolute Gasteiger partial charge is 0.497 e. The molecular weight excluding hydrogens is 470 g/mol. The Hall–Kier alpha value is -3.23. The van der Waals surface area contributed by atoms with E-state index in [2.05, 4.69) is 10.6 Å². The Morgan fingerprint density at radius 2 is 1.65 bits per heavy atom. The molecule has 2 aromatic carbocycles. The Morgan fingerprint density at radius 1 is 1.00 bits per heavy atom. The Morgan fingerprint density at radius 3 is 2.27 bits per heavy atom. The lowest BCUT2D eigenvalue weighted by atomic mass is 9.92. The lowest BCUT2D eigenvalue weighted by Gasteiger charge is -2.32. The minimum Gasteiger partial charge on any atom is -0.497 e. The number of nitrogens with one attached hydrogen (secondary N) is 2. The number of nitrogens with zero attached hydrogens (tertiary/aromatic N) is 1. The van der Waals surface area contributed by atoms with Gasteiger partial charge in [0, 0.05) is 18.4 Å². The van der Waals surface area contributed by atoms with Gasteiger partial charge in [0.15, 0.2) is 5.78 Å². The number of rotatable bonds is 11. The molecule has 8 nitrogen and oxygen atoms in total. The summed E-state index contributed by atoms with van der Waals surface area (Å²) in [6, 6.07) is 15.1. The Kier molecular flexibility index (Phi) is 8.61. The summed E-state index contributed by atoms with van der Waals surface area (Å²) in [4.78, 5) is 42.2. The van der Waals surface area contributed by atoms with Crippen molar-refractivity contribution in [1.82, 2.24) is 15.5 Å². The van der Waals surface area contributed by atoms with Crippen molar-refractivity contribution in [3.63, 3.8) is 0 Å². The van der Waals surface area contributed by atoms with E-state index in [1.165, 1.54) is 0 Å². The number of hydrogen-bond donors (Lipinski definition) is 2. The Bertz CT molecular complexity index is 1080. The zero-order chi connectivity index (χ0) is 26.4. The second-order valence-electron chi connectivity index (χ2n) is 10.4. The average molecular weight is 508 g/mol. The molecule has 2 aromatic rings. The molecule has 1 aliphatic heterocycles. The predicted molar refractivity (Wildman–Crippen MR) is 140 cm³/mol. The van der Waals surface area contributed by atoms with Crippen LogP contribution in [-0.2, 0) is 32.0 Å². The van der Waals surface area contributed by atoms with Gasteiger partial charge in [0.1, 0.15) is 17.8 Å². The Balaban J connectivity index is 1.54. The topological polar surface area (TPSA) is 97.0 Å². The van der Waals surface area contributed by atoms with Gasteiger partial charge >= 0.3 is 0 Å². The number of ether oxygens (including phenoxy) is 2. The fraction of sp³-hybridized carbons (Fsp3) is 0.483. The first-order valence-electron chi connectivity index (χ1n) is 12.9. The molecule has 1 saturated carbocycles. The molecule has 2 amide bonds. The van der Waals surface area contributed by atoms with Crippen LogP contribution in [0.5, 0.6) is 5.75 Å². The maximum atomic E-state index is 13.7. The van der Waals surface area contributed by atoms with E-state index < -0.39 is 23.5 Å². The van der Waals surface area contributed by atoms with Crippen molar-refractivity contribution >= 4 is 17.6 Å². The maximum Gasteiger partial charge on any atom is 0.243 e. The summed E-state index contributed by atoms with van der Waals surface area (Å²) < 4.78 is 10.7. The van der Waals surface area contributed by atoms with Crippen molar-refractivity contribution in [2.75, 3.05) is 33.9 Å². The van der Waals surface area contributed by atoms with Gasteiger partial charge in [-0.05, 0) is 49.6 Å². The minimum atomic E-state index is -0.852. The number of carbonyl (C=O) groups excluding carboxylic acids is 3. The van der Waals surface area contributed by atoms with Crippen molar-refractivity contribution in [2.24, 2.45) is 5.41 Å². The summed E-state index contributed by atoms with van der Waals surface area (Å²) in [5, 5.41) is 5.94. The summed E-state index contributed by atoms with van der Waals surface area (Å²) in [7, 11) is 3.47. The summed E-state index contributed by atoms with van der Waals surface area (Å²) in [6.45, 7) is 3.43. The second-order valence-corrected chi connectivity index (χ2v) is 10.4. The standard InChI is InChI=1S/C29H37N3O5/c1-29(13-14-29)26(33)23(17-20-7-5-4-6-8-20)30-27(34)24(18-21-9-11-22(36-3)12-10-21)31-28(35)25-19-37-16-15-32(25)2/h4-12,23-25H,13-19H2,1-3H3,(H,30,34)(H,31,35)/t23-,24-,25+/m0/s1. The third-order valence-electron chi connectivity index (χ3n) is 7.44. The summed E-state index contributed by atoms with van der Waals surface area (Å²) in [5.41, 5.74) is 1.44. The molecule has 2 N–H and O–H groups in total. The van der Waals surface area contributed by atoms with Crippen LogP contribution in [0, 0.1) is 5.41 Å². The number of likely N-dealkylation sites (N-methyl/N-ethyl adjacent to an activating group) is 1. The third kappa shape index (κ3) is 6.96. The van der Waals surface area contributed by atoms with Crippen LogP contribution in [0.2, 0.25) is 0 Å². The highest BCUT2D eigenvalue weighted by atomic mass is 16.5. The van der Waals surface area contributed by atoms with E-state index in [9.17, 15) is 14.4 Å². The van der Waals surface area contributed by atoms with Crippen LogP contribution >= 0.6 is 0 Å². The number of amides is 2. The normalized spacial score (nSPS) is 20.4. The number of ketones is 1. The van der Waals surface area contributed by atoms with Crippen LogP contribution < -0.4 is 15.4 Å². The van der Waals surface area contributed by atoms with Gasteiger partial charge in [-0.25, -0.2) is 0 Å². The second kappa shape index (κ2) is 11.9. The molecule has 2 fully saturated rings. The summed E-state index contributed by atoms with van der Waals surface area (Å²) >= 11 is 0.